The fourth-order valence-electron chi connectivity index (χ4n) is 3.41. The van der Waals surface area contributed by atoms with Crippen molar-refractivity contribution in [3.63, 3.8) is 0 Å². The van der Waals surface area contributed by atoms with Gasteiger partial charge in [0.15, 0.2) is 5.96 Å². The van der Waals surface area contributed by atoms with Gasteiger partial charge in [-0.25, -0.2) is 0 Å². The van der Waals surface area contributed by atoms with E-state index in [0.29, 0.717) is 17.9 Å². The van der Waals surface area contributed by atoms with Crippen molar-refractivity contribution < 1.29 is 0 Å². The molecule has 2 aliphatic rings. The zero-order chi connectivity index (χ0) is 13.8. The van der Waals surface area contributed by atoms with E-state index in [-0.39, 0.29) is 24.0 Å². The first kappa shape index (κ1) is 16.6. The first-order valence-electron chi connectivity index (χ1n) is 7.97. The molecule has 0 aromatic heterocycles. The zero-order valence-corrected chi connectivity index (χ0v) is 14.9. The standard InChI is InChI=1S/C17H25N3.HI/c18-17(20-15-8-3-1-2-4-9-15)19-12-14-11-13-7-5-6-10-16(13)14;/h5-7,10,14-15H,1-4,8-9,11-12H2,(H3,18,19,20);1H. The Morgan fingerprint density at radius 2 is 1.86 bits per heavy atom. The van der Waals surface area contributed by atoms with Gasteiger partial charge in [-0.05, 0) is 30.4 Å². The first-order chi connectivity index (χ1) is 9.83. The van der Waals surface area contributed by atoms with Crippen molar-refractivity contribution in [1.29, 1.82) is 0 Å². The second-order valence-corrected chi connectivity index (χ2v) is 6.16. The van der Waals surface area contributed by atoms with Gasteiger partial charge >= 0.3 is 0 Å². The average Bonchev–Trinajstić information content (AvgIpc) is 2.68. The number of halogens is 1. The molecule has 0 saturated heterocycles. The number of aliphatic imine (C=N–C) groups is 1. The Morgan fingerprint density at radius 1 is 1.14 bits per heavy atom. The minimum Gasteiger partial charge on any atom is -0.370 e. The molecular weight excluding hydrogens is 373 g/mol. The lowest BCUT2D eigenvalue weighted by Gasteiger charge is -2.28. The van der Waals surface area contributed by atoms with E-state index in [2.05, 4.69) is 34.6 Å². The summed E-state index contributed by atoms with van der Waals surface area (Å²) >= 11 is 0. The Morgan fingerprint density at radius 3 is 2.57 bits per heavy atom. The molecule has 1 atom stereocenters. The van der Waals surface area contributed by atoms with Gasteiger partial charge in [0.05, 0.1) is 0 Å². The predicted molar refractivity (Wildman–Crippen MR) is 99.4 cm³/mol. The Labute approximate surface area is 144 Å². The maximum atomic E-state index is 6.04. The number of hydrogen-bond acceptors (Lipinski definition) is 1. The maximum Gasteiger partial charge on any atom is 0.188 e. The topological polar surface area (TPSA) is 50.4 Å². The Kier molecular flexibility index (Phi) is 6.33. The summed E-state index contributed by atoms with van der Waals surface area (Å²) in [5.41, 5.74) is 8.97. The molecule has 3 rings (SSSR count). The van der Waals surface area contributed by atoms with Gasteiger partial charge in [-0.2, -0.15) is 0 Å². The minimum absolute atomic E-state index is 0. The molecule has 1 unspecified atom stereocenters. The molecule has 0 bridgehead atoms. The SMILES string of the molecule is I.NC(=NCC1Cc2ccccc21)NC1CCCCCC1. The van der Waals surface area contributed by atoms with E-state index in [4.69, 9.17) is 5.73 Å². The predicted octanol–water partition coefficient (Wildman–Crippen LogP) is 3.57. The van der Waals surface area contributed by atoms with Gasteiger partial charge in [0.2, 0.25) is 0 Å². The number of benzene rings is 1. The van der Waals surface area contributed by atoms with Crippen LogP contribution in [0, 0.1) is 0 Å². The van der Waals surface area contributed by atoms with Crippen LogP contribution >= 0.6 is 24.0 Å². The van der Waals surface area contributed by atoms with Crippen molar-refractivity contribution in [3.8, 4) is 0 Å². The number of nitrogens with two attached hydrogens (primary N) is 1. The number of guanidine groups is 1. The highest BCUT2D eigenvalue weighted by Crippen LogP contribution is 2.34. The molecule has 0 spiro atoms. The second kappa shape index (κ2) is 8.01. The fourth-order valence-corrected chi connectivity index (χ4v) is 3.41. The highest BCUT2D eigenvalue weighted by Gasteiger charge is 2.24. The van der Waals surface area contributed by atoms with Gasteiger partial charge < -0.3 is 11.1 Å². The molecule has 3 N–H and O–H groups in total. The van der Waals surface area contributed by atoms with Crippen molar-refractivity contribution >= 4 is 29.9 Å². The van der Waals surface area contributed by atoms with Crippen molar-refractivity contribution in [2.45, 2.75) is 56.9 Å². The number of nitrogens with zero attached hydrogens (tertiary/aromatic N) is 1. The summed E-state index contributed by atoms with van der Waals surface area (Å²) in [4.78, 5) is 4.55. The van der Waals surface area contributed by atoms with Crippen LogP contribution in [0.5, 0.6) is 0 Å². The summed E-state index contributed by atoms with van der Waals surface area (Å²) in [6.07, 6.45) is 9.01. The monoisotopic (exact) mass is 399 g/mol. The number of rotatable bonds is 3. The Balaban J connectivity index is 0.00000161. The average molecular weight is 399 g/mol. The van der Waals surface area contributed by atoms with Crippen LogP contribution in [0.15, 0.2) is 29.3 Å². The third kappa shape index (κ3) is 4.34. The summed E-state index contributed by atoms with van der Waals surface area (Å²) < 4.78 is 0. The molecule has 4 heteroatoms. The van der Waals surface area contributed by atoms with Crippen LogP contribution in [-0.4, -0.2) is 18.5 Å². The van der Waals surface area contributed by atoms with Gasteiger partial charge in [0, 0.05) is 18.5 Å². The van der Waals surface area contributed by atoms with Gasteiger partial charge in [-0.1, -0.05) is 49.9 Å². The molecular formula is C17H26IN3. The highest BCUT2D eigenvalue weighted by molar-refractivity contribution is 14.0. The minimum atomic E-state index is 0. The van der Waals surface area contributed by atoms with Gasteiger partial charge in [-0.3, -0.25) is 4.99 Å². The van der Waals surface area contributed by atoms with Crippen LogP contribution in [0.3, 0.4) is 0 Å². The maximum absolute atomic E-state index is 6.04. The van der Waals surface area contributed by atoms with Gasteiger partial charge in [0.1, 0.15) is 0 Å². The van der Waals surface area contributed by atoms with E-state index in [1.165, 1.54) is 49.7 Å². The van der Waals surface area contributed by atoms with E-state index < -0.39 is 0 Å². The molecule has 1 fully saturated rings. The van der Waals surface area contributed by atoms with Crippen LogP contribution < -0.4 is 11.1 Å². The fraction of sp³-hybridized carbons (Fsp3) is 0.588. The van der Waals surface area contributed by atoms with Crippen LogP contribution in [0.25, 0.3) is 0 Å². The summed E-state index contributed by atoms with van der Waals surface area (Å²) in [7, 11) is 0. The zero-order valence-electron chi connectivity index (χ0n) is 12.6. The summed E-state index contributed by atoms with van der Waals surface area (Å²) in [6.45, 7) is 0.822. The van der Waals surface area contributed by atoms with E-state index in [0.717, 1.165) is 13.0 Å². The number of hydrogen-bond donors (Lipinski definition) is 2. The molecule has 1 aromatic rings. The Bertz CT molecular complexity index is 479. The molecule has 0 amide bonds. The Hall–Kier alpha value is -0.780. The lowest BCUT2D eigenvalue weighted by atomic mass is 9.78. The largest absolute Gasteiger partial charge is 0.370 e. The lowest BCUT2D eigenvalue weighted by Crippen LogP contribution is -2.40. The first-order valence-corrected chi connectivity index (χ1v) is 7.97. The van der Waals surface area contributed by atoms with Gasteiger partial charge in [-0.15, -0.1) is 24.0 Å². The van der Waals surface area contributed by atoms with E-state index in [9.17, 15) is 0 Å². The highest BCUT2D eigenvalue weighted by atomic mass is 127. The van der Waals surface area contributed by atoms with Crippen LogP contribution in [0.4, 0.5) is 0 Å². The van der Waals surface area contributed by atoms with E-state index in [1.54, 1.807) is 0 Å². The van der Waals surface area contributed by atoms with E-state index >= 15 is 0 Å². The van der Waals surface area contributed by atoms with Gasteiger partial charge in [0.25, 0.3) is 0 Å². The summed E-state index contributed by atoms with van der Waals surface area (Å²) in [5, 5.41) is 3.41. The van der Waals surface area contributed by atoms with Crippen LogP contribution in [0.2, 0.25) is 0 Å². The van der Waals surface area contributed by atoms with E-state index in [1.807, 2.05) is 0 Å². The third-order valence-corrected chi connectivity index (χ3v) is 4.65. The van der Waals surface area contributed by atoms with Crippen molar-refractivity contribution in [2.75, 3.05) is 6.54 Å². The van der Waals surface area contributed by atoms with Crippen molar-refractivity contribution in [2.24, 2.45) is 10.7 Å². The third-order valence-electron chi connectivity index (χ3n) is 4.65. The molecule has 0 aliphatic heterocycles. The molecule has 1 saturated carbocycles. The van der Waals surface area contributed by atoms with Crippen molar-refractivity contribution in [3.05, 3.63) is 35.4 Å². The number of nitrogens with one attached hydrogen (secondary N) is 1. The molecule has 3 nitrogen and oxygen atoms in total. The molecule has 21 heavy (non-hydrogen) atoms. The van der Waals surface area contributed by atoms with Crippen molar-refractivity contribution in [1.82, 2.24) is 5.32 Å². The summed E-state index contributed by atoms with van der Waals surface area (Å²) in [6, 6.07) is 9.19. The lowest BCUT2D eigenvalue weighted by molar-refractivity contribution is 0.528. The molecule has 2 aliphatic carbocycles. The van der Waals surface area contributed by atoms with Crippen LogP contribution in [0.1, 0.15) is 55.6 Å². The molecule has 0 heterocycles. The smallest absolute Gasteiger partial charge is 0.188 e. The molecule has 0 radical (unpaired) electrons. The number of fused-ring (bicyclic) bond motifs is 1. The quantitative estimate of drug-likeness (QED) is 0.353. The normalized spacial score (nSPS) is 22.5. The second-order valence-electron chi connectivity index (χ2n) is 6.16. The summed E-state index contributed by atoms with van der Waals surface area (Å²) in [5.74, 6) is 1.21. The molecule has 116 valence electrons. The van der Waals surface area contributed by atoms with Crippen LogP contribution in [-0.2, 0) is 6.42 Å². The molecule has 1 aromatic carbocycles.